The second-order valence-electron chi connectivity index (χ2n) is 4.44. The molecule has 0 aliphatic carbocycles. The van der Waals surface area contributed by atoms with Gasteiger partial charge in [0.15, 0.2) is 0 Å². The SMILES string of the molecule is COCC1(CCC(C)N)CCCCO1. The molecule has 0 aromatic rings. The summed E-state index contributed by atoms with van der Waals surface area (Å²) in [5.74, 6) is 0. The molecule has 1 heterocycles. The van der Waals surface area contributed by atoms with Gasteiger partial charge in [0.1, 0.15) is 0 Å². The van der Waals surface area contributed by atoms with Gasteiger partial charge in [-0.05, 0) is 39.0 Å². The third-order valence-electron chi connectivity index (χ3n) is 2.90. The third-order valence-corrected chi connectivity index (χ3v) is 2.90. The van der Waals surface area contributed by atoms with Gasteiger partial charge in [-0.2, -0.15) is 0 Å². The molecule has 0 aromatic heterocycles. The molecule has 3 heteroatoms. The first kappa shape index (κ1) is 12.0. The maximum absolute atomic E-state index is 5.88. The number of nitrogens with two attached hydrogens (primary N) is 1. The highest BCUT2D eigenvalue weighted by Crippen LogP contribution is 2.30. The van der Waals surface area contributed by atoms with E-state index in [4.69, 9.17) is 15.2 Å². The van der Waals surface area contributed by atoms with Crippen LogP contribution in [0.15, 0.2) is 0 Å². The lowest BCUT2D eigenvalue weighted by molar-refractivity contribution is -0.121. The number of methoxy groups -OCH3 is 1. The molecule has 1 rings (SSSR count). The van der Waals surface area contributed by atoms with Crippen LogP contribution in [0.5, 0.6) is 0 Å². The normalized spacial score (nSPS) is 30.2. The summed E-state index contributed by atoms with van der Waals surface area (Å²) in [5.41, 5.74) is 5.73. The van der Waals surface area contributed by atoms with Crippen LogP contribution in [-0.4, -0.2) is 32.0 Å². The molecule has 3 nitrogen and oxygen atoms in total. The Balaban J connectivity index is 2.42. The fourth-order valence-electron chi connectivity index (χ4n) is 2.05. The minimum absolute atomic E-state index is 0.0410. The zero-order chi connectivity index (χ0) is 10.4. The Bertz CT molecular complexity index is 148. The molecule has 84 valence electrons. The molecule has 1 fully saturated rings. The van der Waals surface area contributed by atoms with E-state index in [1.807, 2.05) is 6.92 Å². The minimum Gasteiger partial charge on any atom is -0.382 e. The highest BCUT2D eigenvalue weighted by molar-refractivity contribution is 4.84. The molecular formula is C11H23NO2. The topological polar surface area (TPSA) is 44.5 Å². The summed E-state index contributed by atoms with van der Waals surface area (Å²) in [6.07, 6.45) is 5.60. The summed E-state index contributed by atoms with van der Waals surface area (Å²) >= 11 is 0. The molecule has 0 saturated carbocycles. The van der Waals surface area contributed by atoms with Crippen molar-refractivity contribution >= 4 is 0 Å². The van der Waals surface area contributed by atoms with Crippen molar-refractivity contribution in [3.8, 4) is 0 Å². The second kappa shape index (κ2) is 5.69. The molecule has 1 aliphatic heterocycles. The average Bonchev–Trinajstić information content (AvgIpc) is 2.17. The Labute approximate surface area is 86.9 Å². The number of ether oxygens (including phenoxy) is 2. The average molecular weight is 201 g/mol. The Hall–Kier alpha value is -0.120. The maximum Gasteiger partial charge on any atom is 0.0915 e. The standard InChI is InChI=1S/C11H23NO2/c1-10(12)5-7-11(9-13-2)6-3-4-8-14-11/h10H,3-9,12H2,1-2H3. The highest BCUT2D eigenvalue weighted by atomic mass is 16.5. The summed E-state index contributed by atoms with van der Waals surface area (Å²) in [6.45, 7) is 3.63. The second-order valence-corrected chi connectivity index (χ2v) is 4.44. The van der Waals surface area contributed by atoms with Crippen molar-refractivity contribution in [1.82, 2.24) is 0 Å². The van der Waals surface area contributed by atoms with Gasteiger partial charge in [-0.3, -0.25) is 0 Å². The molecule has 0 aromatic carbocycles. The predicted octanol–water partition coefficient (Wildman–Crippen LogP) is 1.70. The van der Waals surface area contributed by atoms with Gasteiger partial charge in [0.05, 0.1) is 12.2 Å². The predicted molar refractivity (Wildman–Crippen MR) is 57.3 cm³/mol. The summed E-state index contributed by atoms with van der Waals surface area (Å²) < 4.78 is 11.1. The Morgan fingerprint density at radius 1 is 1.50 bits per heavy atom. The van der Waals surface area contributed by atoms with Crippen molar-refractivity contribution in [1.29, 1.82) is 0 Å². The van der Waals surface area contributed by atoms with Crippen molar-refractivity contribution in [2.45, 2.75) is 50.7 Å². The van der Waals surface area contributed by atoms with Gasteiger partial charge in [-0.1, -0.05) is 0 Å². The molecule has 0 radical (unpaired) electrons. The molecule has 2 N–H and O–H groups in total. The van der Waals surface area contributed by atoms with Crippen LogP contribution in [0.1, 0.15) is 39.0 Å². The van der Waals surface area contributed by atoms with Gasteiger partial charge in [-0.15, -0.1) is 0 Å². The van der Waals surface area contributed by atoms with Crippen molar-refractivity contribution < 1.29 is 9.47 Å². The molecule has 0 spiro atoms. The van der Waals surface area contributed by atoms with Gasteiger partial charge >= 0.3 is 0 Å². The summed E-state index contributed by atoms with van der Waals surface area (Å²) in [5, 5.41) is 0. The Morgan fingerprint density at radius 3 is 2.79 bits per heavy atom. The summed E-state index contributed by atoms with van der Waals surface area (Å²) in [6, 6.07) is 0.259. The molecule has 1 saturated heterocycles. The molecule has 14 heavy (non-hydrogen) atoms. The fourth-order valence-corrected chi connectivity index (χ4v) is 2.05. The van der Waals surface area contributed by atoms with E-state index in [9.17, 15) is 0 Å². The summed E-state index contributed by atoms with van der Waals surface area (Å²) in [4.78, 5) is 0. The van der Waals surface area contributed by atoms with E-state index < -0.39 is 0 Å². The highest BCUT2D eigenvalue weighted by Gasteiger charge is 2.32. The zero-order valence-corrected chi connectivity index (χ0v) is 9.42. The lowest BCUT2D eigenvalue weighted by atomic mass is 9.88. The molecule has 0 bridgehead atoms. The van der Waals surface area contributed by atoms with E-state index in [0.717, 1.165) is 25.9 Å². The van der Waals surface area contributed by atoms with E-state index in [2.05, 4.69) is 0 Å². The first-order valence-corrected chi connectivity index (χ1v) is 5.57. The first-order chi connectivity index (χ1) is 6.68. The minimum atomic E-state index is -0.0410. The van der Waals surface area contributed by atoms with Crippen LogP contribution in [0.3, 0.4) is 0 Å². The maximum atomic E-state index is 5.88. The lowest BCUT2D eigenvalue weighted by Gasteiger charge is -2.37. The van der Waals surface area contributed by atoms with E-state index in [1.54, 1.807) is 7.11 Å². The van der Waals surface area contributed by atoms with E-state index in [1.165, 1.54) is 12.8 Å². The molecule has 1 aliphatic rings. The van der Waals surface area contributed by atoms with Crippen LogP contribution in [0, 0.1) is 0 Å². The van der Waals surface area contributed by atoms with Crippen LogP contribution in [0.4, 0.5) is 0 Å². The van der Waals surface area contributed by atoms with E-state index >= 15 is 0 Å². The van der Waals surface area contributed by atoms with Crippen LogP contribution < -0.4 is 5.73 Å². The van der Waals surface area contributed by atoms with Crippen molar-refractivity contribution in [2.75, 3.05) is 20.3 Å². The largest absolute Gasteiger partial charge is 0.382 e. The van der Waals surface area contributed by atoms with Crippen molar-refractivity contribution in [3.05, 3.63) is 0 Å². The smallest absolute Gasteiger partial charge is 0.0915 e. The molecule has 0 amide bonds. The molecule has 2 unspecified atom stereocenters. The van der Waals surface area contributed by atoms with Crippen molar-refractivity contribution in [2.24, 2.45) is 5.73 Å². The van der Waals surface area contributed by atoms with E-state index in [-0.39, 0.29) is 11.6 Å². The van der Waals surface area contributed by atoms with E-state index in [0.29, 0.717) is 6.61 Å². The zero-order valence-electron chi connectivity index (χ0n) is 9.42. The number of hydrogen-bond acceptors (Lipinski definition) is 3. The van der Waals surface area contributed by atoms with Crippen LogP contribution in [-0.2, 0) is 9.47 Å². The molecular weight excluding hydrogens is 178 g/mol. The van der Waals surface area contributed by atoms with Gasteiger partial charge in [0, 0.05) is 19.8 Å². The first-order valence-electron chi connectivity index (χ1n) is 5.57. The quantitative estimate of drug-likeness (QED) is 0.736. The summed E-state index contributed by atoms with van der Waals surface area (Å²) in [7, 11) is 1.74. The Morgan fingerprint density at radius 2 is 2.29 bits per heavy atom. The van der Waals surface area contributed by atoms with Gasteiger partial charge in [0.25, 0.3) is 0 Å². The Kier molecular flexibility index (Phi) is 4.85. The lowest BCUT2D eigenvalue weighted by Crippen LogP contribution is -2.41. The fraction of sp³-hybridized carbons (Fsp3) is 1.00. The monoisotopic (exact) mass is 201 g/mol. The third kappa shape index (κ3) is 3.56. The van der Waals surface area contributed by atoms with Crippen LogP contribution >= 0.6 is 0 Å². The van der Waals surface area contributed by atoms with Crippen LogP contribution in [0.2, 0.25) is 0 Å². The van der Waals surface area contributed by atoms with Crippen LogP contribution in [0.25, 0.3) is 0 Å². The van der Waals surface area contributed by atoms with Gasteiger partial charge < -0.3 is 15.2 Å². The van der Waals surface area contributed by atoms with Crippen molar-refractivity contribution in [3.63, 3.8) is 0 Å². The molecule has 2 atom stereocenters. The van der Waals surface area contributed by atoms with Gasteiger partial charge in [0.2, 0.25) is 0 Å². The number of rotatable bonds is 5. The van der Waals surface area contributed by atoms with Gasteiger partial charge in [-0.25, -0.2) is 0 Å². The number of hydrogen-bond donors (Lipinski definition) is 1.